The number of anilines is 1. The first-order valence-corrected chi connectivity index (χ1v) is 6.69. The lowest BCUT2D eigenvalue weighted by Crippen LogP contribution is -2.39. The van der Waals surface area contributed by atoms with E-state index in [4.69, 9.17) is 14.6 Å². The van der Waals surface area contributed by atoms with Gasteiger partial charge in [0.1, 0.15) is 5.82 Å². The van der Waals surface area contributed by atoms with Gasteiger partial charge in [-0.25, -0.2) is 4.39 Å². The number of methoxy groups -OCH3 is 1. The second-order valence-electron chi connectivity index (χ2n) is 4.74. The van der Waals surface area contributed by atoms with Gasteiger partial charge in [0.2, 0.25) is 0 Å². The summed E-state index contributed by atoms with van der Waals surface area (Å²) in [6.07, 6.45) is -2.54. The molecule has 3 atom stereocenters. The van der Waals surface area contributed by atoms with Gasteiger partial charge in [0, 0.05) is 7.11 Å². The van der Waals surface area contributed by atoms with Crippen molar-refractivity contribution in [3.05, 3.63) is 29.6 Å². The molecule has 1 amide bonds. The van der Waals surface area contributed by atoms with Crippen molar-refractivity contribution in [2.24, 2.45) is 0 Å². The third-order valence-electron chi connectivity index (χ3n) is 3.13. The number of carbonyl (C=O) groups excluding carboxylic acids is 2. The molecular weight excluding hydrogens is 313 g/mol. The van der Waals surface area contributed by atoms with E-state index in [1.165, 1.54) is 20.1 Å². The second kappa shape index (κ2) is 7.11. The van der Waals surface area contributed by atoms with E-state index >= 15 is 0 Å². The van der Waals surface area contributed by atoms with Crippen LogP contribution in [0.15, 0.2) is 18.2 Å². The molecule has 1 heterocycles. The summed E-state index contributed by atoms with van der Waals surface area (Å²) in [4.78, 5) is 24.7. The SMILES string of the molecule is COC(O)OC(C)OC(O)CN1C(=O)C(=O)c2cc(F)ccc21. The minimum Gasteiger partial charge on any atom is -0.366 e. The zero-order valence-electron chi connectivity index (χ0n) is 12.4. The third-order valence-corrected chi connectivity index (χ3v) is 3.13. The Morgan fingerprint density at radius 3 is 2.61 bits per heavy atom. The van der Waals surface area contributed by atoms with Crippen molar-refractivity contribution in [1.29, 1.82) is 0 Å². The van der Waals surface area contributed by atoms with Crippen molar-refractivity contribution < 1.29 is 38.4 Å². The van der Waals surface area contributed by atoms with E-state index in [1.54, 1.807) is 0 Å². The van der Waals surface area contributed by atoms with Gasteiger partial charge in [-0.15, -0.1) is 0 Å². The zero-order valence-corrected chi connectivity index (χ0v) is 12.4. The third kappa shape index (κ3) is 3.89. The van der Waals surface area contributed by atoms with Gasteiger partial charge in [0.15, 0.2) is 12.6 Å². The van der Waals surface area contributed by atoms with Gasteiger partial charge >= 0.3 is 0 Å². The van der Waals surface area contributed by atoms with E-state index in [0.29, 0.717) is 0 Å². The maximum absolute atomic E-state index is 13.2. The minimum absolute atomic E-state index is 0.0682. The van der Waals surface area contributed by atoms with Gasteiger partial charge in [-0.05, 0) is 25.1 Å². The van der Waals surface area contributed by atoms with E-state index in [0.717, 1.165) is 17.0 Å². The van der Waals surface area contributed by atoms with Crippen molar-refractivity contribution in [3.63, 3.8) is 0 Å². The number of rotatable bonds is 7. The van der Waals surface area contributed by atoms with Crippen LogP contribution in [-0.2, 0) is 19.0 Å². The van der Waals surface area contributed by atoms with Crippen LogP contribution in [0.2, 0.25) is 0 Å². The molecule has 1 aromatic rings. The number of hydrogen-bond donors (Lipinski definition) is 2. The Labute approximate surface area is 131 Å². The highest BCUT2D eigenvalue weighted by atomic mass is 19.1. The standard InChI is InChI=1S/C14H16FNO7/c1-7(23-14(20)21-2)22-11(17)6-16-10-4-3-8(15)5-9(10)12(18)13(16)19/h3-5,7,11,14,17,20H,6H2,1-2H3. The van der Waals surface area contributed by atoms with E-state index in [1.807, 2.05) is 0 Å². The van der Waals surface area contributed by atoms with E-state index in [9.17, 15) is 19.1 Å². The predicted octanol–water partition coefficient (Wildman–Crippen LogP) is -0.0251. The smallest absolute Gasteiger partial charge is 0.299 e. The van der Waals surface area contributed by atoms with Crippen molar-refractivity contribution >= 4 is 17.4 Å². The lowest BCUT2D eigenvalue weighted by molar-refractivity contribution is -0.331. The summed E-state index contributed by atoms with van der Waals surface area (Å²) in [6.45, 7) is -0.498. The number of benzene rings is 1. The van der Waals surface area contributed by atoms with Gasteiger partial charge in [0.05, 0.1) is 17.8 Å². The Bertz CT molecular complexity index is 609. The van der Waals surface area contributed by atoms with Gasteiger partial charge in [-0.3, -0.25) is 14.5 Å². The van der Waals surface area contributed by atoms with Crippen LogP contribution in [-0.4, -0.2) is 54.6 Å². The number of fused-ring (bicyclic) bond motifs is 1. The molecule has 126 valence electrons. The normalized spacial score (nSPS) is 18.0. The average molecular weight is 329 g/mol. The largest absolute Gasteiger partial charge is 0.366 e. The summed E-state index contributed by atoms with van der Waals surface area (Å²) in [5.74, 6) is -2.39. The van der Waals surface area contributed by atoms with Gasteiger partial charge in [-0.2, -0.15) is 0 Å². The zero-order chi connectivity index (χ0) is 17.1. The van der Waals surface area contributed by atoms with Crippen molar-refractivity contribution in [2.75, 3.05) is 18.6 Å². The molecule has 1 aliphatic heterocycles. The highest BCUT2D eigenvalue weighted by Gasteiger charge is 2.37. The van der Waals surface area contributed by atoms with Crippen LogP contribution >= 0.6 is 0 Å². The Kier molecular flexibility index (Phi) is 5.39. The number of aliphatic hydroxyl groups is 2. The number of nitrogens with zero attached hydrogens (tertiary/aromatic N) is 1. The molecule has 8 nitrogen and oxygen atoms in total. The lowest BCUT2D eigenvalue weighted by atomic mass is 10.1. The summed E-state index contributed by atoms with van der Waals surface area (Å²) in [5.41, 5.74) is 0.121. The molecule has 0 fully saturated rings. The number of halogens is 1. The number of ether oxygens (including phenoxy) is 3. The Morgan fingerprint density at radius 2 is 1.96 bits per heavy atom. The maximum atomic E-state index is 13.2. The number of β-amino-alcohol motifs (C(OH)–C–C–N with tert-alkyl or cyclic N) is 1. The van der Waals surface area contributed by atoms with E-state index in [2.05, 4.69) is 4.74 Å². The Balaban J connectivity index is 2.03. The number of carbonyl (C=O) groups is 2. The van der Waals surface area contributed by atoms with Crippen molar-refractivity contribution in [2.45, 2.75) is 26.0 Å². The quantitative estimate of drug-likeness (QED) is 0.535. The topological polar surface area (TPSA) is 106 Å². The number of Topliss-reactive ketones (excluding diaryl/α,β-unsaturated/α-hetero) is 1. The molecule has 0 aromatic heterocycles. The van der Waals surface area contributed by atoms with Crippen molar-refractivity contribution in [1.82, 2.24) is 0 Å². The molecule has 0 spiro atoms. The van der Waals surface area contributed by atoms with Crippen LogP contribution in [0.1, 0.15) is 17.3 Å². The Hall–Kier alpha value is -1.91. The molecule has 0 radical (unpaired) electrons. The molecule has 0 saturated carbocycles. The maximum Gasteiger partial charge on any atom is 0.299 e. The molecular formula is C14H16FNO7. The Morgan fingerprint density at radius 1 is 1.26 bits per heavy atom. The molecule has 1 aliphatic rings. The van der Waals surface area contributed by atoms with E-state index < -0.39 is 36.6 Å². The highest BCUT2D eigenvalue weighted by molar-refractivity contribution is 6.52. The van der Waals surface area contributed by atoms with Crippen LogP contribution in [0.3, 0.4) is 0 Å². The van der Waals surface area contributed by atoms with Crippen LogP contribution in [0.4, 0.5) is 10.1 Å². The summed E-state index contributed by atoms with van der Waals surface area (Å²) >= 11 is 0. The molecule has 23 heavy (non-hydrogen) atoms. The molecule has 1 aromatic carbocycles. The van der Waals surface area contributed by atoms with Crippen LogP contribution < -0.4 is 4.90 Å². The molecule has 0 aliphatic carbocycles. The summed E-state index contributed by atoms with van der Waals surface area (Å²) in [6, 6.07) is 3.34. The highest BCUT2D eigenvalue weighted by Crippen LogP contribution is 2.29. The number of amides is 1. The number of ketones is 1. The van der Waals surface area contributed by atoms with Gasteiger partial charge < -0.3 is 24.4 Å². The first-order valence-electron chi connectivity index (χ1n) is 6.69. The number of hydrogen-bond acceptors (Lipinski definition) is 7. The molecule has 2 N–H and O–H groups in total. The molecule has 0 bridgehead atoms. The first-order chi connectivity index (χ1) is 10.8. The minimum atomic E-state index is -1.53. The lowest BCUT2D eigenvalue weighted by Gasteiger charge is -2.24. The molecule has 2 rings (SSSR count). The van der Waals surface area contributed by atoms with Crippen molar-refractivity contribution in [3.8, 4) is 0 Å². The summed E-state index contributed by atoms with van der Waals surface area (Å²) < 4.78 is 27.4. The fraction of sp³-hybridized carbons (Fsp3) is 0.429. The first kappa shape index (κ1) is 17.4. The van der Waals surface area contributed by atoms with Gasteiger partial charge in [-0.1, -0.05) is 0 Å². The van der Waals surface area contributed by atoms with Crippen LogP contribution in [0.5, 0.6) is 0 Å². The van der Waals surface area contributed by atoms with Crippen LogP contribution in [0.25, 0.3) is 0 Å². The fourth-order valence-corrected chi connectivity index (χ4v) is 2.13. The fourth-order valence-electron chi connectivity index (χ4n) is 2.13. The monoisotopic (exact) mass is 329 g/mol. The summed E-state index contributed by atoms with van der Waals surface area (Å²) in [5, 5.41) is 19.0. The molecule has 3 unspecified atom stereocenters. The molecule has 0 saturated heterocycles. The van der Waals surface area contributed by atoms with E-state index in [-0.39, 0.29) is 17.8 Å². The van der Waals surface area contributed by atoms with Crippen LogP contribution in [0, 0.1) is 5.82 Å². The van der Waals surface area contributed by atoms with Gasteiger partial charge in [0.25, 0.3) is 18.2 Å². The molecule has 9 heteroatoms. The summed E-state index contributed by atoms with van der Waals surface area (Å²) in [7, 11) is 1.21. The second-order valence-corrected chi connectivity index (χ2v) is 4.74. The predicted molar refractivity (Wildman–Crippen MR) is 73.7 cm³/mol. The number of aliphatic hydroxyl groups excluding tert-OH is 2. The average Bonchev–Trinajstić information content (AvgIpc) is 2.71.